The van der Waals surface area contributed by atoms with Crippen molar-refractivity contribution in [3.63, 3.8) is 0 Å². The van der Waals surface area contributed by atoms with E-state index in [0.717, 1.165) is 11.3 Å². The van der Waals surface area contributed by atoms with Gasteiger partial charge in [0.15, 0.2) is 0 Å². The van der Waals surface area contributed by atoms with Gasteiger partial charge in [-0.3, -0.25) is 25.5 Å². The number of hydrogen-bond acceptors (Lipinski definition) is 4. The molecule has 0 saturated heterocycles. The Morgan fingerprint density at radius 1 is 1.04 bits per heavy atom. The molecule has 1 heterocycles. The van der Waals surface area contributed by atoms with Crippen LogP contribution in [0.5, 0.6) is 5.75 Å². The largest absolute Gasteiger partial charge is 0.497 e. The average Bonchev–Trinajstić information content (AvgIpc) is 3.16. The summed E-state index contributed by atoms with van der Waals surface area (Å²) in [6, 6.07) is 15.4. The number of hydrazine groups is 1. The van der Waals surface area contributed by atoms with E-state index in [4.69, 9.17) is 16.3 Å². The van der Waals surface area contributed by atoms with Crippen LogP contribution < -0.4 is 15.6 Å². The van der Waals surface area contributed by atoms with Crippen LogP contribution in [0.4, 0.5) is 0 Å². The first-order chi connectivity index (χ1) is 12.6. The molecule has 0 spiro atoms. The summed E-state index contributed by atoms with van der Waals surface area (Å²) in [5, 5.41) is 7.03. The molecule has 132 valence electrons. The van der Waals surface area contributed by atoms with Crippen LogP contribution >= 0.6 is 11.6 Å². The summed E-state index contributed by atoms with van der Waals surface area (Å²) in [5.74, 6) is -0.318. The number of hydrogen-bond donors (Lipinski definition) is 3. The molecule has 8 heteroatoms. The van der Waals surface area contributed by atoms with Crippen LogP contribution in [-0.4, -0.2) is 29.1 Å². The SMILES string of the molecule is COc1ccc(-c2cc(C(=O)NNC(=O)c3ccccc3Cl)[nH]n2)cc1. The zero-order valence-electron chi connectivity index (χ0n) is 13.7. The van der Waals surface area contributed by atoms with E-state index in [1.54, 1.807) is 49.6 Å². The third-order valence-electron chi connectivity index (χ3n) is 3.62. The van der Waals surface area contributed by atoms with Crippen molar-refractivity contribution in [3.05, 3.63) is 70.9 Å². The molecule has 2 amide bonds. The predicted molar refractivity (Wildman–Crippen MR) is 97.0 cm³/mol. The van der Waals surface area contributed by atoms with Crippen LogP contribution in [0.1, 0.15) is 20.8 Å². The Labute approximate surface area is 154 Å². The summed E-state index contributed by atoms with van der Waals surface area (Å²) in [4.78, 5) is 24.2. The molecule has 0 bridgehead atoms. The molecule has 0 radical (unpaired) electrons. The second-order valence-corrected chi connectivity index (χ2v) is 5.69. The van der Waals surface area contributed by atoms with Crippen LogP contribution in [0, 0.1) is 0 Å². The fourth-order valence-electron chi connectivity index (χ4n) is 2.24. The highest BCUT2D eigenvalue weighted by Gasteiger charge is 2.14. The van der Waals surface area contributed by atoms with Crippen molar-refractivity contribution in [3.8, 4) is 17.0 Å². The second-order valence-electron chi connectivity index (χ2n) is 5.28. The van der Waals surface area contributed by atoms with Gasteiger partial charge < -0.3 is 4.74 Å². The van der Waals surface area contributed by atoms with E-state index in [9.17, 15) is 9.59 Å². The molecule has 0 saturated carbocycles. The Kier molecular flexibility index (Phi) is 5.19. The molecule has 3 rings (SSSR count). The molecular formula is C18H15ClN4O3. The second kappa shape index (κ2) is 7.71. The number of carbonyl (C=O) groups excluding carboxylic acids is 2. The Balaban J connectivity index is 1.64. The van der Waals surface area contributed by atoms with Crippen LogP contribution in [0.2, 0.25) is 5.02 Å². The smallest absolute Gasteiger partial charge is 0.287 e. The van der Waals surface area contributed by atoms with E-state index < -0.39 is 11.8 Å². The summed E-state index contributed by atoms with van der Waals surface area (Å²) >= 11 is 5.95. The molecular weight excluding hydrogens is 356 g/mol. The normalized spacial score (nSPS) is 10.2. The maximum Gasteiger partial charge on any atom is 0.287 e. The first-order valence-electron chi connectivity index (χ1n) is 7.63. The van der Waals surface area contributed by atoms with Gasteiger partial charge in [0, 0.05) is 5.56 Å². The topological polar surface area (TPSA) is 96.1 Å². The Morgan fingerprint density at radius 3 is 2.42 bits per heavy atom. The molecule has 0 aliphatic heterocycles. The van der Waals surface area contributed by atoms with Gasteiger partial charge in [-0.15, -0.1) is 0 Å². The summed E-state index contributed by atoms with van der Waals surface area (Å²) < 4.78 is 5.11. The van der Waals surface area contributed by atoms with E-state index in [1.807, 2.05) is 12.1 Å². The fraction of sp³-hybridized carbons (Fsp3) is 0.0556. The maximum absolute atomic E-state index is 12.2. The lowest BCUT2D eigenvalue weighted by atomic mass is 10.1. The number of halogens is 1. The number of H-pyrrole nitrogens is 1. The molecule has 0 fully saturated rings. The van der Waals surface area contributed by atoms with Crippen LogP contribution in [0.15, 0.2) is 54.6 Å². The maximum atomic E-state index is 12.2. The number of benzene rings is 2. The number of rotatable bonds is 4. The highest BCUT2D eigenvalue weighted by molar-refractivity contribution is 6.33. The minimum absolute atomic E-state index is 0.204. The van der Waals surface area contributed by atoms with Crippen LogP contribution in [-0.2, 0) is 0 Å². The van der Waals surface area contributed by atoms with Gasteiger partial charge in [-0.2, -0.15) is 5.10 Å². The van der Waals surface area contributed by atoms with Gasteiger partial charge in [0.05, 0.1) is 23.4 Å². The van der Waals surface area contributed by atoms with Gasteiger partial charge in [-0.1, -0.05) is 23.7 Å². The molecule has 0 unspecified atom stereocenters. The van der Waals surface area contributed by atoms with Crippen molar-refractivity contribution in [1.29, 1.82) is 0 Å². The van der Waals surface area contributed by atoms with Crippen LogP contribution in [0.25, 0.3) is 11.3 Å². The van der Waals surface area contributed by atoms with Gasteiger partial charge in [-0.05, 0) is 42.5 Å². The van der Waals surface area contributed by atoms with E-state index in [0.29, 0.717) is 10.7 Å². The van der Waals surface area contributed by atoms with E-state index >= 15 is 0 Å². The number of amides is 2. The van der Waals surface area contributed by atoms with Crippen LogP contribution in [0.3, 0.4) is 0 Å². The van der Waals surface area contributed by atoms with Crippen molar-refractivity contribution in [2.45, 2.75) is 0 Å². The minimum atomic E-state index is -0.530. The molecule has 0 atom stereocenters. The predicted octanol–water partition coefficient (Wildman–Crippen LogP) is 2.81. The Bertz CT molecular complexity index is 938. The lowest BCUT2D eigenvalue weighted by Gasteiger charge is -2.07. The van der Waals surface area contributed by atoms with Gasteiger partial charge in [-0.25, -0.2) is 0 Å². The van der Waals surface area contributed by atoms with Crippen molar-refractivity contribution < 1.29 is 14.3 Å². The van der Waals surface area contributed by atoms with Crippen molar-refractivity contribution in [1.82, 2.24) is 21.0 Å². The summed E-state index contributed by atoms with van der Waals surface area (Å²) in [5.41, 5.74) is 6.51. The highest BCUT2D eigenvalue weighted by atomic mass is 35.5. The Hall–Kier alpha value is -3.32. The monoisotopic (exact) mass is 370 g/mol. The van der Waals surface area contributed by atoms with Crippen molar-refractivity contribution in [2.75, 3.05) is 7.11 Å². The third kappa shape index (κ3) is 3.84. The Morgan fingerprint density at radius 2 is 1.73 bits per heavy atom. The standard InChI is InChI=1S/C18H15ClN4O3/c1-26-12-8-6-11(7-9-12)15-10-16(21-20-15)18(25)23-22-17(24)13-4-2-3-5-14(13)19/h2-10H,1H3,(H,20,21)(H,22,24)(H,23,25). The quantitative estimate of drug-likeness (QED) is 0.615. The van der Waals surface area contributed by atoms with Gasteiger partial charge in [0.25, 0.3) is 11.8 Å². The number of nitrogens with one attached hydrogen (secondary N) is 3. The number of methoxy groups -OCH3 is 1. The van der Waals surface area contributed by atoms with E-state index in [2.05, 4.69) is 21.0 Å². The fourth-order valence-corrected chi connectivity index (χ4v) is 2.46. The molecule has 0 aliphatic rings. The lowest BCUT2D eigenvalue weighted by molar-refractivity contribution is 0.0844. The molecule has 7 nitrogen and oxygen atoms in total. The van der Waals surface area contributed by atoms with Gasteiger partial charge in [0.1, 0.15) is 11.4 Å². The molecule has 2 aromatic carbocycles. The molecule has 3 aromatic rings. The molecule has 0 aliphatic carbocycles. The van der Waals surface area contributed by atoms with E-state index in [1.165, 1.54) is 0 Å². The highest BCUT2D eigenvalue weighted by Crippen LogP contribution is 2.21. The number of carbonyl (C=O) groups is 2. The van der Waals surface area contributed by atoms with E-state index in [-0.39, 0.29) is 11.3 Å². The van der Waals surface area contributed by atoms with Gasteiger partial charge >= 0.3 is 0 Å². The summed E-state index contributed by atoms with van der Waals surface area (Å²) in [7, 11) is 1.59. The number of ether oxygens (including phenoxy) is 1. The summed E-state index contributed by atoms with van der Waals surface area (Å²) in [6.07, 6.45) is 0. The zero-order chi connectivity index (χ0) is 18.5. The first-order valence-corrected chi connectivity index (χ1v) is 8.01. The molecule has 1 aromatic heterocycles. The minimum Gasteiger partial charge on any atom is -0.497 e. The first kappa shape index (κ1) is 17.5. The number of nitrogens with zero attached hydrogens (tertiary/aromatic N) is 1. The number of aromatic amines is 1. The van der Waals surface area contributed by atoms with Gasteiger partial charge in [0.2, 0.25) is 0 Å². The zero-order valence-corrected chi connectivity index (χ0v) is 14.5. The van der Waals surface area contributed by atoms with Crippen molar-refractivity contribution >= 4 is 23.4 Å². The van der Waals surface area contributed by atoms with Crippen molar-refractivity contribution in [2.24, 2.45) is 0 Å². The lowest BCUT2D eigenvalue weighted by Crippen LogP contribution is -2.41. The number of aromatic nitrogens is 2. The average molecular weight is 371 g/mol. The molecule has 26 heavy (non-hydrogen) atoms. The summed E-state index contributed by atoms with van der Waals surface area (Å²) in [6.45, 7) is 0. The third-order valence-corrected chi connectivity index (χ3v) is 3.95. The molecule has 3 N–H and O–H groups in total.